The molecule has 5 heteroatoms. The molecule has 98 valence electrons. The van der Waals surface area contributed by atoms with E-state index in [0.717, 1.165) is 13.1 Å². The molecule has 5 nitrogen and oxygen atoms in total. The van der Waals surface area contributed by atoms with Gasteiger partial charge in [-0.05, 0) is 52.6 Å². The standard InChI is InChI=1S/C12H21NO4/c1-12(2,3)17-11(16)9(10(14)15)8-4-6-13-7-5-8/h8-9,13H,4-7H2,1-3H3,(H,14,15). The van der Waals surface area contributed by atoms with Crippen LogP contribution in [-0.2, 0) is 14.3 Å². The lowest BCUT2D eigenvalue weighted by Crippen LogP contribution is -2.41. The molecule has 0 amide bonds. The third kappa shape index (κ3) is 4.34. The highest BCUT2D eigenvalue weighted by Crippen LogP contribution is 2.25. The number of aliphatic carboxylic acids is 1. The van der Waals surface area contributed by atoms with Gasteiger partial charge in [0.25, 0.3) is 0 Å². The van der Waals surface area contributed by atoms with Crippen molar-refractivity contribution in [3.8, 4) is 0 Å². The van der Waals surface area contributed by atoms with Gasteiger partial charge in [0.05, 0.1) is 0 Å². The van der Waals surface area contributed by atoms with E-state index in [2.05, 4.69) is 5.32 Å². The zero-order valence-corrected chi connectivity index (χ0v) is 10.7. The quantitative estimate of drug-likeness (QED) is 0.572. The number of ether oxygens (including phenoxy) is 1. The first-order valence-corrected chi connectivity index (χ1v) is 5.97. The molecule has 1 aliphatic rings. The van der Waals surface area contributed by atoms with Crippen LogP contribution in [0.25, 0.3) is 0 Å². The lowest BCUT2D eigenvalue weighted by molar-refractivity contribution is -0.169. The molecule has 0 saturated carbocycles. The van der Waals surface area contributed by atoms with Crippen molar-refractivity contribution in [2.24, 2.45) is 11.8 Å². The average molecular weight is 243 g/mol. The number of piperidine rings is 1. The summed E-state index contributed by atoms with van der Waals surface area (Å²) in [4.78, 5) is 23.1. The van der Waals surface area contributed by atoms with Crippen LogP contribution in [-0.4, -0.2) is 35.7 Å². The summed E-state index contributed by atoms with van der Waals surface area (Å²) in [5.41, 5.74) is -0.641. The molecule has 0 aromatic carbocycles. The second-order valence-corrected chi connectivity index (χ2v) is 5.44. The van der Waals surface area contributed by atoms with E-state index in [-0.39, 0.29) is 5.92 Å². The highest BCUT2D eigenvalue weighted by atomic mass is 16.6. The molecule has 17 heavy (non-hydrogen) atoms. The summed E-state index contributed by atoms with van der Waals surface area (Å²) in [5.74, 6) is -2.84. The maximum absolute atomic E-state index is 11.9. The number of carbonyl (C=O) groups excluding carboxylic acids is 1. The molecule has 1 fully saturated rings. The Morgan fingerprint density at radius 1 is 1.29 bits per heavy atom. The van der Waals surface area contributed by atoms with Crippen molar-refractivity contribution in [3.63, 3.8) is 0 Å². The molecule has 0 spiro atoms. The Hall–Kier alpha value is -1.10. The first-order valence-electron chi connectivity index (χ1n) is 5.97. The summed E-state index contributed by atoms with van der Waals surface area (Å²) in [6, 6.07) is 0. The van der Waals surface area contributed by atoms with Crippen molar-refractivity contribution in [2.75, 3.05) is 13.1 Å². The summed E-state index contributed by atoms with van der Waals surface area (Å²) in [5, 5.41) is 12.3. The number of carboxylic acid groups (broad SMARTS) is 1. The Bertz CT molecular complexity index is 289. The molecule has 0 aromatic rings. The van der Waals surface area contributed by atoms with Crippen LogP contribution in [0, 0.1) is 11.8 Å². The summed E-state index contributed by atoms with van der Waals surface area (Å²) >= 11 is 0. The third-order valence-corrected chi connectivity index (χ3v) is 2.78. The first-order chi connectivity index (χ1) is 7.81. The predicted molar refractivity (Wildman–Crippen MR) is 62.6 cm³/mol. The lowest BCUT2D eigenvalue weighted by atomic mass is 9.85. The van der Waals surface area contributed by atoms with E-state index in [0.29, 0.717) is 12.8 Å². The first kappa shape index (κ1) is 14.0. The van der Waals surface area contributed by atoms with Crippen molar-refractivity contribution in [3.05, 3.63) is 0 Å². The molecule has 1 aliphatic heterocycles. The van der Waals surface area contributed by atoms with Crippen molar-refractivity contribution >= 4 is 11.9 Å². The number of rotatable bonds is 3. The molecule has 1 heterocycles. The Morgan fingerprint density at radius 2 is 1.82 bits per heavy atom. The van der Waals surface area contributed by atoms with Gasteiger partial charge < -0.3 is 15.2 Å². The smallest absolute Gasteiger partial charge is 0.321 e. The number of carboxylic acids is 1. The van der Waals surface area contributed by atoms with E-state index in [9.17, 15) is 14.7 Å². The molecule has 0 bridgehead atoms. The predicted octanol–water partition coefficient (Wildman–Crippen LogP) is 1.03. The molecule has 0 radical (unpaired) electrons. The van der Waals surface area contributed by atoms with Crippen molar-refractivity contribution < 1.29 is 19.4 Å². The summed E-state index contributed by atoms with van der Waals surface area (Å²) in [7, 11) is 0. The Morgan fingerprint density at radius 3 is 2.24 bits per heavy atom. The van der Waals surface area contributed by atoms with Crippen LogP contribution in [0.3, 0.4) is 0 Å². The van der Waals surface area contributed by atoms with Crippen LogP contribution in [0.4, 0.5) is 0 Å². The van der Waals surface area contributed by atoms with Gasteiger partial charge in [0.1, 0.15) is 5.60 Å². The molecular weight excluding hydrogens is 222 g/mol. The zero-order chi connectivity index (χ0) is 13.1. The maximum Gasteiger partial charge on any atom is 0.321 e. The Balaban J connectivity index is 2.71. The number of esters is 1. The molecule has 1 saturated heterocycles. The fourth-order valence-corrected chi connectivity index (χ4v) is 2.04. The van der Waals surface area contributed by atoms with Crippen LogP contribution < -0.4 is 5.32 Å². The molecule has 1 rings (SSSR count). The van der Waals surface area contributed by atoms with Crippen LogP contribution in [0.1, 0.15) is 33.6 Å². The topological polar surface area (TPSA) is 75.6 Å². The van der Waals surface area contributed by atoms with E-state index >= 15 is 0 Å². The summed E-state index contributed by atoms with van der Waals surface area (Å²) < 4.78 is 5.17. The highest BCUT2D eigenvalue weighted by molar-refractivity contribution is 5.94. The molecule has 1 unspecified atom stereocenters. The molecule has 0 aromatic heterocycles. The normalized spacial score (nSPS) is 19.7. The van der Waals surface area contributed by atoms with Crippen LogP contribution in [0.5, 0.6) is 0 Å². The second-order valence-electron chi connectivity index (χ2n) is 5.44. The zero-order valence-electron chi connectivity index (χ0n) is 10.7. The lowest BCUT2D eigenvalue weighted by Gasteiger charge is -2.29. The summed E-state index contributed by atoms with van der Waals surface area (Å²) in [6.45, 7) is 6.75. The van der Waals surface area contributed by atoms with Gasteiger partial charge in [0, 0.05) is 0 Å². The van der Waals surface area contributed by atoms with Gasteiger partial charge >= 0.3 is 11.9 Å². The fourth-order valence-electron chi connectivity index (χ4n) is 2.04. The fraction of sp³-hybridized carbons (Fsp3) is 0.833. The van der Waals surface area contributed by atoms with Gasteiger partial charge in [0.2, 0.25) is 0 Å². The van der Waals surface area contributed by atoms with Gasteiger partial charge in [-0.1, -0.05) is 0 Å². The van der Waals surface area contributed by atoms with Crippen LogP contribution in [0.15, 0.2) is 0 Å². The minimum absolute atomic E-state index is 0.122. The molecular formula is C12H21NO4. The van der Waals surface area contributed by atoms with Gasteiger partial charge in [-0.15, -0.1) is 0 Å². The van der Waals surface area contributed by atoms with Gasteiger partial charge in [0.15, 0.2) is 5.92 Å². The maximum atomic E-state index is 11.9. The highest BCUT2D eigenvalue weighted by Gasteiger charge is 2.38. The van der Waals surface area contributed by atoms with Crippen molar-refractivity contribution in [1.82, 2.24) is 5.32 Å². The number of nitrogens with one attached hydrogen (secondary N) is 1. The molecule has 0 aliphatic carbocycles. The number of hydrogen-bond acceptors (Lipinski definition) is 4. The van der Waals surface area contributed by atoms with Gasteiger partial charge in [-0.25, -0.2) is 0 Å². The van der Waals surface area contributed by atoms with Gasteiger partial charge in [-0.2, -0.15) is 0 Å². The van der Waals surface area contributed by atoms with E-state index in [1.807, 2.05) is 0 Å². The van der Waals surface area contributed by atoms with Gasteiger partial charge in [-0.3, -0.25) is 9.59 Å². The van der Waals surface area contributed by atoms with E-state index in [1.165, 1.54) is 0 Å². The average Bonchev–Trinajstić information content (AvgIpc) is 2.15. The minimum Gasteiger partial charge on any atom is -0.481 e. The van der Waals surface area contributed by atoms with Crippen molar-refractivity contribution in [1.29, 1.82) is 0 Å². The van der Waals surface area contributed by atoms with Crippen molar-refractivity contribution in [2.45, 2.75) is 39.2 Å². The van der Waals surface area contributed by atoms with E-state index in [4.69, 9.17) is 4.74 Å². The monoisotopic (exact) mass is 243 g/mol. The molecule has 1 atom stereocenters. The Kier molecular flexibility index (Phi) is 4.51. The van der Waals surface area contributed by atoms with Crippen LogP contribution in [0.2, 0.25) is 0 Å². The van der Waals surface area contributed by atoms with Crippen LogP contribution >= 0.6 is 0 Å². The number of hydrogen-bond donors (Lipinski definition) is 2. The SMILES string of the molecule is CC(C)(C)OC(=O)C(C(=O)O)C1CCNCC1. The molecule has 2 N–H and O–H groups in total. The largest absolute Gasteiger partial charge is 0.481 e. The summed E-state index contributed by atoms with van der Waals surface area (Å²) in [6.07, 6.45) is 1.41. The minimum atomic E-state index is -1.08. The number of carbonyl (C=O) groups is 2. The van der Waals surface area contributed by atoms with E-state index in [1.54, 1.807) is 20.8 Å². The van der Waals surface area contributed by atoms with E-state index < -0.39 is 23.5 Å². The second kappa shape index (κ2) is 5.49. The third-order valence-electron chi connectivity index (χ3n) is 2.78. The Labute approximate surface area is 102 Å².